The molecule has 0 aliphatic heterocycles. The summed E-state index contributed by atoms with van der Waals surface area (Å²) in [7, 11) is 0. The molecule has 2 nitrogen and oxygen atoms in total. The molecule has 2 rings (SSSR count). The van der Waals surface area contributed by atoms with Crippen molar-refractivity contribution in [2.45, 2.75) is 33.4 Å². The number of hydrogen-bond donors (Lipinski definition) is 0. The molecule has 4 heteroatoms. The van der Waals surface area contributed by atoms with Crippen LogP contribution in [0.1, 0.15) is 24.7 Å². The van der Waals surface area contributed by atoms with Gasteiger partial charge in [0.2, 0.25) is 0 Å². The predicted molar refractivity (Wildman–Crippen MR) is 80.6 cm³/mol. The van der Waals surface area contributed by atoms with Crippen molar-refractivity contribution in [2.75, 3.05) is 0 Å². The van der Waals surface area contributed by atoms with Crippen LogP contribution in [0, 0.1) is 6.92 Å². The molecule has 2 aromatic rings. The van der Waals surface area contributed by atoms with E-state index < -0.39 is 0 Å². The first-order valence-corrected chi connectivity index (χ1v) is 7.69. The molecule has 1 aromatic heterocycles. The molecule has 0 spiro atoms. The van der Waals surface area contributed by atoms with Crippen LogP contribution in [0.3, 0.4) is 0 Å². The van der Waals surface area contributed by atoms with Gasteiger partial charge in [-0.25, -0.2) is 9.13 Å². The number of imidazole rings is 1. The lowest BCUT2D eigenvalue weighted by Gasteiger charge is -2.03. The first-order chi connectivity index (χ1) is 8.60. The van der Waals surface area contributed by atoms with Crippen molar-refractivity contribution in [3.8, 4) is 0 Å². The molecule has 1 heterocycles. The maximum atomic E-state index is 3.53. The molecule has 0 radical (unpaired) electrons. The Kier molecular flexibility index (Phi) is 4.62. The lowest BCUT2D eigenvalue weighted by molar-refractivity contribution is -0.694. The van der Waals surface area contributed by atoms with Gasteiger partial charge in [-0.15, -0.1) is 0 Å². The van der Waals surface area contributed by atoms with Crippen molar-refractivity contribution >= 4 is 31.9 Å². The summed E-state index contributed by atoms with van der Waals surface area (Å²) >= 11 is 7.06. The number of halogens is 2. The normalized spacial score (nSPS) is 10.9. The van der Waals surface area contributed by atoms with Gasteiger partial charge in [-0.05, 0) is 30.2 Å². The van der Waals surface area contributed by atoms with E-state index in [0.29, 0.717) is 0 Å². The minimum absolute atomic E-state index is 0.903. The Labute approximate surface area is 125 Å². The Morgan fingerprint density at radius 2 is 1.83 bits per heavy atom. The fourth-order valence-electron chi connectivity index (χ4n) is 2.08. The maximum Gasteiger partial charge on any atom is 0.253 e. The molecular formula is C14H17Br2N2+. The third-order valence-corrected chi connectivity index (χ3v) is 3.91. The van der Waals surface area contributed by atoms with Gasteiger partial charge in [-0.3, -0.25) is 0 Å². The first-order valence-electron chi connectivity index (χ1n) is 6.10. The summed E-state index contributed by atoms with van der Waals surface area (Å²) in [5.74, 6) is 1.30. The molecule has 0 aliphatic rings. The molecule has 0 saturated carbocycles. The summed E-state index contributed by atoms with van der Waals surface area (Å²) in [5, 5.41) is 0. The zero-order valence-electron chi connectivity index (χ0n) is 10.7. The van der Waals surface area contributed by atoms with Crippen LogP contribution < -0.4 is 4.57 Å². The molecule has 0 atom stereocenters. The molecule has 0 fully saturated rings. The standard InChI is InChI=1S/C14H17Br2N2/c1-3-4-17-5-6-18(11(17)2)10-12-7-13(15)9-14(16)8-12/h5-9H,3-4,10H2,1-2H3/q+1. The van der Waals surface area contributed by atoms with Crippen LogP contribution in [-0.2, 0) is 13.1 Å². The Balaban J connectivity index is 2.23. The Morgan fingerprint density at radius 3 is 2.44 bits per heavy atom. The van der Waals surface area contributed by atoms with Gasteiger partial charge >= 0.3 is 0 Å². The quantitative estimate of drug-likeness (QED) is 0.715. The number of nitrogens with zero attached hydrogens (tertiary/aromatic N) is 2. The largest absolute Gasteiger partial charge is 0.253 e. The Hall–Kier alpha value is -0.610. The van der Waals surface area contributed by atoms with E-state index in [-0.39, 0.29) is 0 Å². The third kappa shape index (κ3) is 3.23. The number of aromatic nitrogens is 2. The molecule has 0 N–H and O–H groups in total. The molecule has 1 aromatic carbocycles. The van der Waals surface area contributed by atoms with Gasteiger partial charge in [0.15, 0.2) is 0 Å². The lowest BCUT2D eigenvalue weighted by Crippen LogP contribution is -2.36. The number of aryl methyl sites for hydroxylation is 1. The van der Waals surface area contributed by atoms with Gasteiger partial charge in [0.1, 0.15) is 18.9 Å². The smallest absolute Gasteiger partial charge is 0.234 e. The van der Waals surface area contributed by atoms with Gasteiger partial charge in [0.05, 0.1) is 6.54 Å². The highest BCUT2D eigenvalue weighted by molar-refractivity contribution is 9.11. The first kappa shape index (κ1) is 13.8. The van der Waals surface area contributed by atoms with E-state index in [4.69, 9.17) is 0 Å². The van der Waals surface area contributed by atoms with Crippen LogP contribution in [0.5, 0.6) is 0 Å². The van der Waals surface area contributed by atoms with E-state index in [0.717, 1.165) is 28.5 Å². The van der Waals surface area contributed by atoms with Crippen LogP contribution in [0.25, 0.3) is 0 Å². The summed E-state index contributed by atoms with van der Waals surface area (Å²) in [6, 6.07) is 6.38. The van der Waals surface area contributed by atoms with Crippen molar-refractivity contribution < 1.29 is 4.57 Å². The fourth-order valence-corrected chi connectivity index (χ4v) is 3.47. The molecule has 96 valence electrons. The van der Waals surface area contributed by atoms with Crippen LogP contribution in [0.15, 0.2) is 39.5 Å². The maximum absolute atomic E-state index is 3.53. The second kappa shape index (κ2) is 6.02. The summed E-state index contributed by atoms with van der Waals surface area (Å²) in [5.41, 5.74) is 1.29. The molecule has 18 heavy (non-hydrogen) atoms. The van der Waals surface area contributed by atoms with E-state index >= 15 is 0 Å². The van der Waals surface area contributed by atoms with E-state index in [1.165, 1.54) is 11.4 Å². The van der Waals surface area contributed by atoms with E-state index in [2.05, 4.69) is 85.4 Å². The summed E-state index contributed by atoms with van der Waals surface area (Å²) in [6.07, 6.45) is 5.48. The van der Waals surface area contributed by atoms with Crippen molar-refractivity contribution in [3.05, 3.63) is 50.9 Å². The minimum atomic E-state index is 0.903. The summed E-state index contributed by atoms with van der Waals surface area (Å²) < 4.78 is 6.80. The van der Waals surface area contributed by atoms with Crippen molar-refractivity contribution in [1.29, 1.82) is 0 Å². The van der Waals surface area contributed by atoms with Crippen LogP contribution in [0.4, 0.5) is 0 Å². The lowest BCUT2D eigenvalue weighted by atomic mass is 10.2. The zero-order valence-corrected chi connectivity index (χ0v) is 13.8. The van der Waals surface area contributed by atoms with Gasteiger partial charge in [-0.1, -0.05) is 38.8 Å². The molecule has 0 aliphatic carbocycles. The van der Waals surface area contributed by atoms with Crippen LogP contribution in [0.2, 0.25) is 0 Å². The van der Waals surface area contributed by atoms with Crippen molar-refractivity contribution in [3.63, 3.8) is 0 Å². The average Bonchev–Trinajstić information content (AvgIpc) is 2.61. The second-order valence-corrected chi connectivity index (χ2v) is 6.28. The highest BCUT2D eigenvalue weighted by Gasteiger charge is 2.12. The van der Waals surface area contributed by atoms with E-state index in [1.54, 1.807) is 0 Å². The Bertz CT molecular complexity index is 526. The number of hydrogen-bond acceptors (Lipinski definition) is 0. The average molecular weight is 373 g/mol. The predicted octanol–water partition coefficient (Wildman–Crippen LogP) is 4.07. The van der Waals surface area contributed by atoms with Gasteiger partial charge in [-0.2, -0.15) is 0 Å². The number of rotatable bonds is 4. The third-order valence-electron chi connectivity index (χ3n) is 3.00. The Morgan fingerprint density at radius 1 is 1.17 bits per heavy atom. The SMILES string of the molecule is CCCn1cc[n+](Cc2cc(Br)cc(Br)c2)c1C. The van der Waals surface area contributed by atoms with Gasteiger partial charge < -0.3 is 0 Å². The van der Waals surface area contributed by atoms with E-state index in [9.17, 15) is 0 Å². The monoisotopic (exact) mass is 371 g/mol. The topological polar surface area (TPSA) is 8.81 Å². The molecule has 0 unspecified atom stereocenters. The van der Waals surface area contributed by atoms with Crippen LogP contribution >= 0.6 is 31.9 Å². The highest BCUT2D eigenvalue weighted by Crippen LogP contribution is 2.20. The van der Waals surface area contributed by atoms with Gasteiger partial charge in [0, 0.05) is 15.9 Å². The highest BCUT2D eigenvalue weighted by atomic mass is 79.9. The number of benzene rings is 1. The zero-order chi connectivity index (χ0) is 13.1. The minimum Gasteiger partial charge on any atom is -0.234 e. The molecule has 0 bridgehead atoms. The van der Waals surface area contributed by atoms with Crippen LogP contribution in [-0.4, -0.2) is 4.57 Å². The van der Waals surface area contributed by atoms with Crippen molar-refractivity contribution in [2.24, 2.45) is 0 Å². The fraction of sp³-hybridized carbons (Fsp3) is 0.357. The van der Waals surface area contributed by atoms with E-state index in [1.807, 2.05) is 0 Å². The second-order valence-electron chi connectivity index (χ2n) is 4.44. The summed E-state index contributed by atoms with van der Waals surface area (Å²) in [6.45, 7) is 6.36. The summed E-state index contributed by atoms with van der Waals surface area (Å²) in [4.78, 5) is 0. The molecular weight excluding hydrogens is 356 g/mol. The van der Waals surface area contributed by atoms with Crippen molar-refractivity contribution in [1.82, 2.24) is 4.57 Å². The molecule has 0 amide bonds. The van der Waals surface area contributed by atoms with Gasteiger partial charge in [0.25, 0.3) is 5.82 Å². The molecule has 0 saturated heterocycles.